The van der Waals surface area contributed by atoms with Gasteiger partial charge in [-0.1, -0.05) is 47.6 Å². The highest BCUT2D eigenvalue weighted by molar-refractivity contribution is 6.05. The Balaban J connectivity index is 2.50. The average molecular weight is 369 g/mol. The van der Waals surface area contributed by atoms with Gasteiger partial charge in [0.25, 0.3) is 5.91 Å². The summed E-state index contributed by atoms with van der Waals surface area (Å²) in [6.45, 7) is 11.9. The predicted octanol–water partition coefficient (Wildman–Crippen LogP) is 4.94. The Kier molecular flexibility index (Phi) is 5.36. The molecule has 2 aromatic rings. The maximum atomic E-state index is 12.8. The van der Waals surface area contributed by atoms with E-state index < -0.39 is 5.97 Å². The molecule has 0 unspecified atom stereocenters. The molecular weight excluding hydrogens is 342 g/mol. The number of nitrogens with one attached hydrogen (secondary N) is 1. The number of benzene rings is 2. The third-order valence-electron chi connectivity index (χ3n) is 4.36. The molecule has 0 aliphatic heterocycles. The predicted molar refractivity (Wildman–Crippen MR) is 107 cm³/mol. The largest absolute Gasteiger partial charge is 0.507 e. The molecule has 5 heteroatoms. The van der Waals surface area contributed by atoms with Gasteiger partial charge in [0.2, 0.25) is 0 Å². The summed E-state index contributed by atoms with van der Waals surface area (Å²) >= 11 is 0. The molecule has 3 N–H and O–H groups in total. The smallest absolute Gasteiger partial charge is 0.335 e. The summed E-state index contributed by atoms with van der Waals surface area (Å²) in [6, 6.07) is 9.49. The van der Waals surface area contributed by atoms with E-state index in [1.54, 1.807) is 24.3 Å². The fraction of sp³-hybridized carbons (Fsp3) is 0.364. The molecule has 0 atom stereocenters. The summed E-state index contributed by atoms with van der Waals surface area (Å²) in [6.07, 6.45) is 0. The quantitative estimate of drug-likeness (QED) is 0.715. The number of carboxylic acid groups (broad SMARTS) is 1. The van der Waals surface area contributed by atoms with Gasteiger partial charge >= 0.3 is 5.97 Å². The third-order valence-corrected chi connectivity index (χ3v) is 4.36. The van der Waals surface area contributed by atoms with Crippen LogP contribution in [-0.4, -0.2) is 22.1 Å². The van der Waals surface area contributed by atoms with Crippen LogP contribution in [0.25, 0.3) is 0 Å². The summed E-state index contributed by atoms with van der Waals surface area (Å²) in [5, 5.41) is 22.6. The van der Waals surface area contributed by atoms with Crippen molar-refractivity contribution in [3.05, 3.63) is 58.7 Å². The number of phenols is 1. The Hall–Kier alpha value is -2.82. The maximum Gasteiger partial charge on any atom is 0.335 e. The van der Waals surface area contributed by atoms with Crippen LogP contribution in [0, 0.1) is 0 Å². The van der Waals surface area contributed by atoms with Gasteiger partial charge in [0, 0.05) is 22.4 Å². The zero-order chi connectivity index (χ0) is 20.6. The molecule has 2 rings (SSSR count). The highest BCUT2D eigenvalue weighted by Gasteiger charge is 2.27. The van der Waals surface area contributed by atoms with Crippen molar-refractivity contribution in [1.29, 1.82) is 0 Å². The Morgan fingerprint density at radius 3 is 1.81 bits per heavy atom. The number of phenolic OH excluding ortho intramolecular Hbond substituents is 1. The van der Waals surface area contributed by atoms with Gasteiger partial charge in [0.15, 0.2) is 0 Å². The molecular formula is C22H27NO4. The van der Waals surface area contributed by atoms with Crippen molar-refractivity contribution in [2.75, 3.05) is 5.32 Å². The van der Waals surface area contributed by atoms with Gasteiger partial charge in [-0.2, -0.15) is 0 Å². The molecule has 5 nitrogen and oxygen atoms in total. The molecule has 144 valence electrons. The molecule has 27 heavy (non-hydrogen) atoms. The number of anilines is 1. The zero-order valence-corrected chi connectivity index (χ0v) is 16.7. The maximum absolute atomic E-state index is 12.8. The molecule has 1 amide bonds. The first-order valence-corrected chi connectivity index (χ1v) is 8.83. The lowest BCUT2D eigenvalue weighted by Gasteiger charge is -2.28. The molecule has 0 radical (unpaired) electrons. The van der Waals surface area contributed by atoms with Crippen LogP contribution in [-0.2, 0) is 10.8 Å². The van der Waals surface area contributed by atoms with E-state index >= 15 is 0 Å². The zero-order valence-electron chi connectivity index (χ0n) is 16.7. The van der Waals surface area contributed by atoms with Crippen molar-refractivity contribution in [1.82, 2.24) is 0 Å². The van der Waals surface area contributed by atoms with Crippen molar-refractivity contribution >= 4 is 17.6 Å². The highest BCUT2D eigenvalue weighted by atomic mass is 16.4. The molecule has 2 aromatic carbocycles. The number of hydrogen-bond acceptors (Lipinski definition) is 3. The number of aromatic hydroxyl groups is 1. The van der Waals surface area contributed by atoms with Crippen LogP contribution in [0.4, 0.5) is 5.69 Å². The molecule has 0 aliphatic carbocycles. The number of carbonyl (C=O) groups is 2. The number of carboxylic acids is 1. The SMILES string of the molecule is CC(C)(C)c1cc(C(=O)Nc2cccc(C(=O)O)c2)cc(C(C)(C)C)c1O. The van der Waals surface area contributed by atoms with E-state index in [4.69, 9.17) is 5.11 Å². The van der Waals surface area contributed by atoms with Crippen molar-refractivity contribution in [2.45, 2.75) is 52.4 Å². The molecule has 0 bridgehead atoms. The standard InChI is InChI=1S/C22H27NO4/c1-21(2,3)16-11-14(12-17(18(16)24)22(4,5)6)19(25)23-15-9-7-8-13(10-15)20(26)27/h7-12,24H,1-6H3,(H,23,25)(H,26,27). The summed E-state index contributed by atoms with van der Waals surface area (Å²) in [5.74, 6) is -1.20. The fourth-order valence-corrected chi connectivity index (χ4v) is 2.84. The number of hydrogen-bond donors (Lipinski definition) is 3. The second kappa shape index (κ2) is 7.06. The first-order chi connectivity index (χ1) is 12.3. The Morgan fingerprint density at radius 1 is 0.852 bits per heavy atom. The Bertz CT molecular complexity index is 851. The van der Waals surface area contributed by atoms with Gasteiger partial charge in [0.05, 0.1) is 5.56 Å². The lowest BCUT2D eigenvalue weighted by atomic mass is 9.78. The molecule has 0 spiro atoms. The molecule has 0 aliphatic rings. The average Bonchev–Trinajstić information content (AvgIpc) is 2.52. The lowest BCUT2D eigenvalue weighted by molar-refractivity contribution is 0.0696. The molecule has 0 saturated carbocycles. The lowest BCUT2D eigenvalue weighted by Crippen LogP contribution is -2.20. The second-order valence-electron chi connectivity index (χ2n) is 8.76. The van der Waals surface area contributed by atoms with Gasteiger partial charge in [-0.3, -0.25) is 4.79 Å². The highest BCUT2D eigenvalue weighted by Crippen LogP contribution is 2.39. The van der Waals surface area contributed by atoms with Crippen LogP contribution in [0.3, 0.4) is 0 Å². The van der Waals surface area contributed by atoms with Gasteiger partial charge in [-0.05, 0) is 41.2 Å². The van der Waals surface area contributed by atoms with E-state index in [0.717, 1.165) is 0 Å². The minimum atomic E-state index is -1.05. The summed E-state index contributed by atoms with van der Waals surface area (Å²) in [5.41, 5.74) is 1.63. The van der Waals surface area contributed by atoms with Crippen LogP contribution in [0.15, 0.2) is 36.4 Å². The first kappa shape index (κ1) is 20.5. The molecule has 0 aromatic heterocycles. The van der Waals surface area contributed by atoms with Gasteiger partial charge in [-0.25, -0.2) is 4.79 Å². The number of carbonyl (C=O) groups excluding carboxylic acids is 1. The van der Waals surface area contributed by atoms with Crippen molar-refractivity contribution in [2.24, 2.45) is 0 Å². The molecule has 0 saturated heterocycles. The molecule has 0 heterocycles. The molecule has 0 fully saturated rings. The monoisotopic (exact) mass is 369 g/mol. The van der Waals surface area contributed by atoms with Crippen molar-refractivity contribution in [3.63, 3.8) is 0 Å². The van der Waals surface area contributed by atoms with Gasteiger partial charge in [0.1, 0.15) is 5.75 Å². The summed E-state index contributed by atoms with van der Waals surface area (Å²) in [7, 11) is 0. The minimum Gasteiger partial charge on any atom is -0.507 e. The van der Waals surface area contributed by atoms with E-state index in [9.17, 15) is 14.7 Å². The Morgan fingerprint density at radius 2 is 1.37 bits per heavy atom. The van der Waals surface area contributed by atoms with E-state index in [0.29, 0.717) is 22.4 Å². The van der Waals surface area contributed by atoms with Crippen LogP contribution in [0.1, 0.15) is 73.4 Å². The van der Waals surface area contributed by atoms with Gasteiger partial charge in [-0.15, -0.1) is 0 Å². The first-order valence-electron chi connectivity index (χ1n) is 8.83. The number of aromatic carboxylic acids is 1. The minimum absolute atomic E-state index is 0.101. The van der Waals surface area contributed by atoms with E-state index in [1.165, 1.54) is 12.1 Å². The van der Waals surface area contributed by atoms with Crippen LogP contribution in [0.2, 0.25) is 0 Å². The van der Waals surface area contributed by atoms with Crippen molar-refractivity contribution < 1.29 is 19.8 Å². The van der Waals surface area contributed by atoms with Crippen molar-refractivity contribution in [3.8, 4) is 5.75 Å². The van der Waals surface area contributed by atoms with Crippen LogP contribution < -0.4 is 5.32 Å². The van der Waals surface area contributed by atoms with Crippen LogP contribution >= 0.6 is 0 Å². The van der Waals surface area contributed by atoms with E-state index in [-0.39, 0.29) is 28.1 Å². The van der Waals surface area contributed by atoms with Gasteiger partial charge < -0.3 is 15.5 Å². The topological polar surface area (TPSA) is 86.6 Å². The summed E-state index contributed by atoms with van der Waals surface area (Å²) < 4.78 is 0. The Labute approximate surface area is 160 Å². The van der Waals surface area contributed by atoms with E-state index in [1.807, 2.05) is 41.5 Å². The fourth-order valence-electron chi connectivity index (χ4n) is 2.84. The third kappa shape index (κ3) is 4.67. The normalized spacial score (nSPS) is 11.9. The second-order valence-corrected chi connectivity index (χ2v) is 8.76. The number of rotatable bonds is 3. The summed E-state index contributed by atoms with van der Waals surface area (Å²) in [4.78, 5) is 23.9. The van der Waals surface area contributed by atoms with E-state index in [2.05, 4.69) is 5.32 Å². The van der Waals surface area contributed by atoms with Crippen LogP contribution in [0.5, 0.6) is 5.75 Å². The number of amides is 1.